The van der Waals surface area contributed by atoms with Gasteiger partial charge in [0.25, 0.3) is 5.56 Å². The fourth-order valence-corrected chi connectivity index (χ4v) is 2.48. The molecule has 0 saturated heterocycles. The molecule has 0 amide bonds. The first-order valence-electron chi connectivity index (χ1n) is 8.05. The molecule has 0 fully saturated rings. The lowest BCUT2D eigenvalue weighted by molar-refractivity contribution is -0.120. The molecule has 0 aliphatic rings. The zero-order valence-corrected chi connectivity index (χ0v) is 14.5. The first-order chi connectivity index (χ1) is 11.9. The topological polar surface area (TPSA) is 120 Å². The maximum atomic E-state index is 12.5. The van der Waals surface area contributed by atoms with E-state index in [0.717, 1.165) is 0 Å². The molecule has 2 aromatic heterocycles. The van der Waals surface area contributed by atoms with Crippen LogP contribution in [0.2, 0.25) is 0 Å². The Hall–Kier alpha value is -2.84. The number of Topliss-reactive ketones (excluding diaryl/α,β-unsaturated/α-hetero) is 2. The minimum atomic E-state index is -0.518. The van der Waals surface area contributed by atoms with Crippen LogP contribution >= 0.6 is 0 Å². The summed E-state index contributed by atoms with van der Waals surface area (Å²) in [5, 5.41) is 10.5. The predicted octanol–water partition coefficient (Wildman–Crippen LogP) is 1.30. The van der Waals surface area contributed by atoms with Crippen molar-refractivity contribution in [2.24, 2.45) is 0 Å². The van der Waals surface area contributed by atoms with Crippen LogP contribution in [0.1, 0.15) is 51.0 Å². The van der Waals surface area contributed by atoms with E-state index >= 15 is 0 Å². The number of ketones is 2. The summed E-state index contributed by atoms with van der Waals surface area (Å²) in [6.07, 6.45) is 4.24. The average molecular weight is 347 g/mol. The number of hydrogen-bond acceptors (Lipinski definition) is 8. The van der Waals surface area contributed by atoms with Gasteiger partial charge >= 0.3 is 0 Å². The molecule has 2 aromatic rings. The van der Waals surface area contributed by atoms with Gasteiger partial charge in [-0.05, 0) is 20.3 Å². The van der Waals surface area contributed by atoms with Crippen molar-refractivity contribution < 1.29 is 14.2 Å². The first kappa shape index (κ1) is 18.5. The van der Waals surface area contributed by atoms with Crippen molar-refractivity contribution in [1.82, 2.24) is 19.9 Å². The number of aromatic nitrogens is 4. The summed E-state index contributed by atoms with van der Waals surface area (Å²) >= 11 is 0. The van der Waals surface area contributed by atoms with Crippen molar-refractivity contribution in [3.63, 3.8) is 0 Å². The quantitative estimate of drug-likeness (QED) is 0.720. The van der Waals surface area contributed by atoms with Crippen LogP contribution in [-0.4, -0.2) is 31.4 Å². The van der Waals surface area contributed by atoms with Gasteiger partial charge in [-0.2, -0.15) is 0 Å². The third-order valence-corrected chi connectivity index (χ3v) is 3.83. The van der Waals surface area contributed by atoms with Gasteiger partial charge in [0.2, 0.25) is 0 Å². The number of hydrogen-bond donors (Lipinski definition) is 1. The smallest absolute Gasteiger partial charge is 0.293 e. The van der Waals surface area contributed by atoms with Crippen LogP contribution in [0.4, 0.5) is 5.82 Å². The van der Waals surface area contributed by atoms with E-state index < -0.39 is 6.04 Å². The fraction of sp³-hybridized carbons (Fsp3) is 0.500. The van der Waals surface area contributed by atoms with Gasteiger partial charge in [-0.1, -0.05) is 17.2 Å². The lowest BCUT2D eigenvalue weighted by Crippen LogP contribution is -2.30. The van der Waals surface area contributed by atoms with E-state index in [1.807, 2.05) is 6.92 Å². The maximum absolute atomic E-state index is 12.5. The normalized spacial score (nSPS) is 12.0. The van der Waals surface area contributed by atoms with E-state index in [-0.39, 0.29) is 29.5 Å². The van der Waals surface area contributed by atoms with E-state index in [1.165, 1.54) is 30.8 Å². The summed E-state index contributed by atoms with van der Waals surface area (Å²) in [6, 6.07) is -0.518. The molecule has 1 unspecified atom stereocenters. The van der Waals surface area contributed by atoms with Crippen molar-refractivity contribution in [2.45, 2.75) is 52.6 Å². The van der Waals surface area contributed by atoms with Gasteiger partial charge < -0.3 is 14.7 Å². The Labute approximate surface area is 144 Å². The fourth-order valence-electron chi connectivity index (χ4n) is 2.48. The highest BCUT2D eigenvalue weighted by Crippen LogP contribution is 2.11. The third kappa shape index (κ3) is 4.59. The van der Waals surface area contributed by atoms with Crippen molar-refractivity contribution in [2.75, 3.05) is 5.32 Å². The number of carbonyl (C=O) groups is 2. The van der Waals surface area contributed by atoms with Crippen LogP contribution in [-0.2, 0) is 22.6 Å². The summed E-state index contributed by atoms with van der Waals surface area (Å²) < 4.78 is 6.08. The van der Waals surface area contributed by atoms with Crippen molar-refractivity contribution in [1.29, 1.82) is 0 Å². The van der Waals surface area contributed by atoms with Crippen molar-refractivity contribution in [3.8, 4) is 0 Å². The van der Waals surface area contributed by atoms with Gasteiger partial charge in [0.1, 0.15) is 17.2 Å². The van der Waals surface area contributed by atoms with Gasteiger partial charge in [0.05, 0.1) is 12.6 Å². The molecule has 9 nitrogen and oxygen atoms in total. The van der Waals surface area contributed by atoms with Crippen LogP contribution in [0.25, 0.3) is 0 Å². The molecule has 9 heteroatoms. The Bertz CT molecular complexity index is 811. The van der Waals surface area contributed by atoms with Crippen LogP contribution in [0.3, 0.4) is 0 Å². The van der Waals surface area contributed by atoms with Gasteiger partial charge in [0, 0.05) is 25.2 Å². The molecule has 1 atom stereocenters. The SMILES string of the molecule is CCC(C(C)=O)n1ccnc(NCc2nonc2CCC(C)=O)c1=O. The molecule has 2 rings (SSSR count). The molecule has 134 valence electrons. The van der Waals surface area contributed by atoms with Gasteiger partial charge in [-0.3, -0.25) is 9.59 Å². The minimum absolute atomic E-state index is 0.0457. The van der Waals surface area contributed by atoms with Crippen LogP contribution < -0.4 is 10.9 Å². The zero-order chi connectivity index (χ0) is 18.4. The van der Waals surface area contributed by atoms with Gasteiger partial charge in [-0.25, -0.2) is 9.61 Å². The predicted molar refractivity (Wildman–Crippen MR) is 89.1 cm³/mol. The number of anilines is 1. The maximum Gasteiger partial charge on any atom is 0.293 e. The lowest BCUT2D eigenvalue weighted by atomic mass is 10.1. The molecule has 0 bridgehead atoms. The summed E-state index contributed by atoms with van der Waals surface area (Å²) in [6.45, 7) is 4.98. The number of nitrogens with zero attached hydrogens (tertiary/aromatic N) is 4. The standard InChI is InChI=1S/C16H21N5O4/c1-4-14(11(3)23)21-8-7-17-15(16(21)24)18-9-13-12(19-25-20-13)6-5-10(2)22/h7-8,14H,4-6,9H2,1-3H3,(H,17,18). The number of carbonyl (C=O) groups excluding carboxylic acids is 2. The van der Waals surface area contributed by atoms with Gasteiger partial charge in [0.15, 0.2) is 11.6 Å². The molecule has 1 N–H and O–H groups in total. The molecule has 0 spiro atoms. The molecule has 0 saturated carbocycles. The summed E-state index contributed by atoms with van der Waals surface area (Å²) in [5.74, 6) is 0.0704. The van der Waals surface area contributed by atoms with Crippen LogP contribution in [0.5, 0.6) is 0 Å². The molecule has 0 aliphatic heterocycles. The Morgan fingerprint density at radius 3 is 2.64 bits per heavy atom. The second-order valence-electron chi connectivity index (χ2n) is 5.74. The van der Waals surface area contributed by atoms with Crippen molar-refractivity contribution in [3.05, 3.63) is 34.1 Å². The van der Waals surface area contributed by atoms with Crippen molar-refractivity contribution >= 4 is 17.4 Å². The first-order valence-corrected chi connectivity index (χ1v) is 8.05. The summed E-state index contributed by atoms with van der Waals surface area (Å²) in [4.78, 5) is 39.3. The number of nitrogens with one attached hydrogen (secondary N) is 1. The monoisotopic (exact) mass is 347 g/mol. The van der Waals surface area contributed by atoms with Gasteiger partial charge in [-0.15, -0.1) is 0 Å². The number of rotatable bonds is 9. The largest absolute Gasteiger partial charge is 0.360 e. The Morgan fingerprint density at radius 1 is 1.28 bits per heavy atom. The highest BCUT2D eigenvalue weighted by atomic mass is 16.6. The molecular formula is C16H21N5O4. The van der Waals surface area contributed by atoms with Crippen LogP contribution in [0, 0.1) is 0 Å². The second kappa shape index (κ2) is 8.32. The molecular weight excluding hydrogens is 326 g/mol. The molecule has 0 radical (unpaired) electrons. The van der Waals surface area contributed by atoms with Crippen LogP contribution in [0.15, 0.2) is 21.8 Å². The number of aryl methyl sites for hydroxylation is 1. The minimum Gasteiger partial charge on any atom is -0.360 e. The molecule has 2 heterocycles. The summed E-state index contributed by atoms with van der Waals surface area (Å²) in [5.41, 5.74) is 0.692. The highest BCUT2D eigenvalue weighted by molar-refractivity contribution is 5.79. The van der Waals surface area contributed by atoms with E-state index in [0.29, 0.717) is 30.7 Å². The van der Waals surface area contributed by atoms with E-state index in [9.17, 15) is 14.4 Å². The van der Waals surface area contributed by atoms with E-state index in [2.05, 4.69) is 20.6 Å². The average Bonchev–Trinajstić information content (AvgIpc) is 3.01. The molecule has 0 aliphatic carbocycles. The third-order valence-electron chi connectivity index (χ3n) is 3.83. The highest BCUT2D eigenvalue weighted by Gasteiger charge is 2.18. The molecule has 25 heavy (non-hydrogen) atoms. The van der Waals surface area contributed by atoms with E-state index in [4.69, 9.17) is 4.63 Å². The Morgan fingerprint density at radius 2 is 2.00 bits per heavy atom. The summed E-state index contributed by atoms with van der Waals surface area (Å²) in [7, 11) is 0. The Balaban J connectivity index is 2.15. The Kier molecular flexibility index (Phi) is 6.15. The molecule has 0 aromatic carbocycles. The second-order valence-corrected chi connectivity index (χ2v) is 5.74. The lowest BCUT2D eigenvalue weighted by Gasteiger charge is -2.15. The zero-order valence-electron chi connectivity index (χ0n) is 14.5. The van der Waals surface area contributed by atoms with E-state index in [1.54, 1.807) is 0 Å².